The molecular formula is C16H23N. The van der Waals surface area contributed by atoms with Crippen LogP contribution in [0.2, 0.25) is 0 Å². The molecule has 1 heterocycles. The fourth-order valence-corrected chi connectivity index (χ4v) is 3.49. The first-order chi connectivity index (χ1) is 8.36. The number of hydrogen-bond acceptors (Lipinski definition) is 1. The second-order valence-electron chi connectivity index (χ2n) is 5.70. The van der Waals surface area contributed by atoms with Crippen LogP contribution >= 0.6 is 0 Å². The maximum absolute atomic E-state index is 3.76. The van der Waals surface area contributed by atoms with Gasteiger partial charge in [0.05, 0.1) is 0 Å². The predicted octanol–water partition coefficient (Wildman–Crippen LogP) is 4.17. The standard InChI is InChI=1S/C16H23N/c1-2-12-8-9-15-14(10-12)11-16(17-15)13-6-4-3-5-7-13/h8-10,13,16-17H,2-7,11H2,1H3. The lowest BCUT2D eigenvalue weighted by Gasteiger charge is -2.27. The number of nitrogens with one attached hydrogen (secondary N) is 1. The van der Waals surface area contributed by atoms with E-state index in [0.29, 0.717) is 0 Å². The molecule has 0 saturated heterocycles. The van der Waals surface area contributed by atoms with Crippen molar-refractivity contribution < 1.29 is 0 Å². The van der Waals surface area contributed by atoms with E-state index in [4.69, 9.17) is 0 Å². The van der Waals surface area contributed by atoms with Crippen molar-refractivity contribution in [2.45, 2.75) is 57.9 Å². The minimum Gasteiger partial charge on any atom is -0.381 e. The predicted molar refractivity (Wildman–Crippen MR) is 73.5 cm³/mol. The van der Waals surface area contributed by atoms with E-state index in [0.717, 1.165) is 18.4 Å². The number of hydrogen-bond donors (Lipinski definition) is 1. The Labute approximate surface area is 105 Å². The molecule has 1 nitrogen and oxygen atoms in total. The van der Waals surface area contributed by atoms with Crippen molar-refractivity contribution in [2.75, 3.05) is 5.32 Å². The van der Waals surface area contributed by atoms with Gasteiger partial charge in [-0.05, 0) is 48.8 Å². The Morgan fingerprint density at radius 3 is 2.76 bits per heavy atom. The van der Waals surface area contributed by atoms with Crippen molar-refractivity contribution in [2.24, 2.45) is 5.92 Å². The van der Waals surface area contributed by atoms with Gasteiger partial charge in [-0.2, -0.15) is 0 Å². The van der Waals surface area contributed by atoms with Gasteiger partial charge in [-0.1, -0.05) is 38.3 Å². The summed E-state index contributed by atoms with van der Waals surface area (Å²) in [7, 11) is 0. The molecule has 2 aliphatic rings. The number of aryl methyl sites for hydroxylation is 1. The highest BCUT2D eigenvalue weighted by Crippen LogP contribution is 2.35. The summed E-state index contributed by atoms with van der Waals surface area (Å²) >= 11 is 0. The topological polar surface area (TPSA) is 12.0 Å². The third-order valence-electron chi connectivity index (χ3n) is 4.58. The van der Waals surface area contributed by atoms with E-state index >= 15 is 0 Å². The highest BCUT2D eigenvalue weighted by atomic mass is 15.0. The maximum atomic E-state index is 3.76. The van der Waals surface area contributed by atoms with Gasteiger partial charge in [-0.25, -0.2) is 0 Å². The summed E-state index contributed by atoms with van der Waals surface area (Å²) in [6.07, 6.45) is 9.63. The summed E-state index contributed by atoms with van der Waals surface area (Å²) in [6, 6.07) is 7.69. The van der Waals surface area contributed by atoms with Crippen LogP contribution in [0, 0.1) is 5.92 Å². The van der Waals surface area contributed by atoms with E-state index in [-0.39, 0.29) is 0 Å². The van der Waals surface area contributed by atoms with E-state index < -0.39 is 0 Å². The van der Waals surface area contributed by atoms with Gasteiger partial charge >= 0.3 is 0 Å². The molecule has 1 saturated carbocycles. The average Bonchev–Trinajstić information content (AvgIpc) is 2.82. The van der Waals surface area contributed by atoms with Crippen LogP contribution in [0.15, 0.2) is 18.2 Å². The summed E-state index contributed by atoms with van der Waals surface area (Å²) in [5.74, 6) is 0.918. The Bertz CT molecular complexity index is 391. The Kier molecular flexibility index (Phi) is 3.09. The zero-order chi connectivity index (χ0) is 11.7. The van der Waals surface area contributed by atoms with Crippen molar-refractivity contribution in [1.82, 2.24) is 0 Å². The van der Waals surface area contributed by atoms with E-state index in [1.54, 1.807) is 5.56 Å². The van der Waals surface area contributed by atoms with Gasteiger partial charge in [0, 0.05) is 11.7 Å². The minimum atomic E-state index is 0.720. The fourth-order valence-electron chi connectivity index (χ4n) is 3.49. The molecule has 1 atom stereocenters. The van der Waals surface area contributed by atoms with Crippen LogP contribution in [0.1, 0.15) is 50.2 Å². The average molecular weight is 229 g/mol. The summed E-state index contributed by atoms with van der Waals surface area (Å²) < 4.78 is 0. The Morgan fingerprint density at radius 2 is 2.00 bits per heavy atom. The smallest absolute Gasteiger partial charge is 0.0376 e. The highest BCUT2D eigenvalue weighted by Gasteiger charge is 2.28. The molecule has 1 unspecified atom stereocenters. The van der Waals surface area contributed by atoms with Crippen LogP contribution in [0.4, 0.5) is 5.69 Å². The van der Waals surface area contributed by atoms with Gasteiger partial charge in [0.25, 0.3) is 0 Å². The summed E-state index contributed by atoms with van der Waals surface area (Å²) in [5, 5.41) is 3.76. The van der Waals surface area contributed by atoms with Gasteiger partial charge in [0.1, 0.15) is 0 Å². The third kappa shape index (κ3) is 2.20. The van der Waals surface area contributed by atoms with Crippen molar-refractivity contribution in [3.05, 3.63) is 29.3 Å². The van der Waals surface area contributed by atoms with Crippen LogP contribution < -0.4 is 5.32 Å². The van der Waals surface area contributed by atoms with Crippen LogP contribution in [0.5, 0.6) is 0 Å². The molecule has 0 aromatic heterocycles. The molecule has 92 valence electrons. The monoisotopic (exact) mass is 229 g/mol. The lowest BCUT2D eigenvalue weighted by molar-refractivity contribution is 0.321. The Balaban J connectivity index is 1.73. The maximum Gasteiger partial charge on any atom is 0.0376 e. The molecule has 17 heavy (non-hydrogen) atoms. The molecule has 0 radical (unpaired) electrons. The largest absolute Gasteiger partial charge is 0.381 e. The van der Waals surface area contributed by atoms with Crippen LogP contribution in [-0.2, 0) is 12.8 Å². The normalized spacial score (nSPS) is 24.4. The second kappa shape index (κ2) is 4.72. The molecule has 0 amide bonds. The van der Waals surface area contributed by atoms with Crippen LogP contribution in [-0.4, -0.2) is 6.04 Å². The zero-order valence-electron chi connectivity index (χ0n) is 10.8. The lowest BCUT2D eigenvalue weighted by atomic mass is 9.83. The van der Waals surface area contributed by atoms with E-state index in [1.807, 2.05) is 0 Å². The molecule has 1 aromatic rings. The fraction of sp³-hybridized carbons (Fsp3) is 0.625. The third-order valence-corrected chi connectivity index (χ3v) is 4.58. The van der Waals surface area contributed by atoms with E-state index in [9.17, 15) is 0 Å². The van der Waals surface area contributed by atoms with Gasteiger partial charge in [0.15, 0.2) is 0 Å². The quantitative estimate of drug-likeness (QED) is 0.802. The first-order valence-corrected chi connectivity index (χ1v) is 7.25. The SMILES string of the molecule is CCc1ccc2c(c1)CC(C1CCCCC1)N2. The molecule has 1 fully saturated rings. The first kappa shape index (κ1) is 11.1. The van der Waals surface area contributed by atoms with E-state index in [1.165, 1.54) is 49.8 Å². The molecule has 1 N–H and O–H groups in total. The molecule has 0 spiro atoms. The van der Waals surface area contributed by atoms with E-state index in [2.05, 4.69) is 30.4 Å². The molecule has 1 aromatic carbocycles. The van der Waals surface area contributed by atoms with Crippen molar-refractivity contribution in [1.29, 1.82) is 0 Å². The van der Waals surface area contributed by atoms with Gasteiger partial charge < -0.3 is 5.32 Å². The number of fused-ring (bicyclic) bond motifs is 1. The zero-order valence-corrected chi connectivity index (χ0v) is 10.8. The van der Waals surface area contributed by atoms with Crippen molar-refractivity contribution in [3.8, 4) is 0 Å². The Hall–Kier alpha value is -0.980. The van der Waals surface area contributed by atoms with Gasteiger partial charge in [0.2, 0.25) is 0 Å². The molecular weight excluding hydrogens is 206 g/mol. The molecule has 1 heteroatoms. The van der Waals surface area contributed by atoms with Crippen molar-refractivity contribution >= 4 is 5.69 Å². The van der Waals surface area contributed by atoms with Crippen molar-refractivity contribution in [3.63, 3.8) is 0 Å². The first-order valence-electron chi connectivity index (χ1n) is 7.25. The minimum absolute atomic E-state index is 0.720. The number of rotatable bonds is 2. The molecule has 0 bridgehead atoms. The summed E-state index contributed by atoms with van der Waals surface area (Å²) in [5.41, 5.74) is 4.44. The number of benzene rings is 1. The van der Waals surface area contributed by atoms with Gasteiger partial charge in [-0.15, -0.1) is 0 Å². The van der Waals surface area contributed by atoms with Gasteiger partial charge in [-0.3, -0.25) is 0 Å². The highest BCUT2D eigenvalue weighted by molar-refractivity contribution is 5.58. The lowest BCUT2D eigenvalue weighted by Crippen LogP contribution is -2.28. The van der Waals surface area contributed by atoms with Crippen LogP contribution in [0.3, 0.4) is 0 Å². The summed E-state index contributed by atoms with van der Waals surface area (Å²) in [6.45, 7) is 2.24. The number of anilines is 1. The summed E-state index contributed by atoms with van der Waals surface area (Å²) in [4.78, 5) is 0. The second-order valence-corrected chi connectivity index (χ2v) is 5.70. The molecule has 3 rings (SSSR count). The Morgan fingerprint density at radius 1 is 1.18 bits per heavy atom. The van der Waals surface area contributed by atoms with Crippen LogP contribution in [0.25, 0.3) is 0 Å². The molecule has 1 aliphatic heterocycles. The molecule has 1 aliphatic carbocycles.